The molecule has 1 rings (SSSR count). The van der Waals surface area contributed by atoms with Gasteiger partial charge in [0, 0.05) is 12.8 Å². The molecule has 0 aromatic rings. The standard InChI is InChI=1S/C42H74O6/c1-4-5-25-31-39-40(48-39)32-27-22-18-14-11-12-16-20-24-29-34-42(45)47-36-38(43)35-46-41(44)33-28-23-19-15-10-8-6-7-9-13-17-21-26-30-37(2)3/h11,14,16,20,22,27,37-40,43H,4-10,12-13,15,17-19,21,23-26,28-36H2,1-3H3/b14-11-,20-16-,27-22-/t38-,39?,40?/m1/s1. The van der Waals surface area contributed by atoms with Crippen molar-refractivity contribution in [2.75, 3.05) is 13.2 Å². The predicted molar refractivity (Wildman–Crippen MR) is 200 cm³/mol. The summed E-state index contributed by atoms with van der Waals surface area (Å²) in [6.07, 6.45) is 40.9. The molecule has 1 aliphatic heterocycles. The molecule has 1 aliphatic rings. The highest BCUT2D eigenvalue weighted by Gasteiger charge is 2.36. The monoisotopic (exact) mass is 675 g/mol. The Bertz CT molecular complexity index is 847. The van der Waals surface area contributed by atoms with Crippen LogP contribution in [0, 0.1) is 5.92 Å². The maximum absolute atomic E-state index is 12.0. The first kappa shape index (κ1) is 44.1. The van der Waals surface area contributed by atoms with E-state index in [1.807, 2.05) is 0 Å². The molecule has 0 aromatic carbocycles. The van der Waals surface area contributed by atoms with Crippen LogP contribution in [-0.2, 0) is 23.8 Å². The van der Waals surface area contributed by atoms with Gasteiger partial charge < -0.3 is 19.3 Å². The summed E-state index contributed by atoms with van der Waals surface area (Å²) in [6, 6.07) is 0. The Hall–Kier alpha value is -1.92. The minimum atomic E-state index is -0.987. The molecule has 0 amide bonds. The van der Waals surface area contributed by atoms with Gasteiger partial charge >= 0.3 is 11.9 Å². The highest BCUT2D eigenvalue weighted by molar-refractivity contribution is 5.69. The molecular formula is C42H74O6. The maximum atomic E-state index is 12.0. The SMILES string of the molecule is CCCCCC1OC1C/C=C\C/C=C\C/C=C\CCCC(=O)OC[C@H](O)COC(=O)CCCCCCCCCCCCCCCC(C)C. The topological polar surface area (TPSA) is 85.4 Å². The average molecular weight is 675 g/mol. The van der Waals surface area contributed by atoms with Crippen LogP contribution in [-0.4, -0.2) is 48.6 Å². The van der Waals surface area contributed by atoms with E-state index in [2.05, 4.69) is 57.2 Å². The van der Waals surface area contributed by atoms with E-state index >= 15 is 0 Å². The zero-order chi connectivity index (χ0) is 34.9. The van der Waals surface area contributed by atoms with Gasteiger partial charge in [-0.05, 0) is 50.9 Å². The van der Waals surface area contributed by atoms with Gasteiger partial charge in [0.2, 0.25) is 0 Å². The quantitative estimate of drug-likeness (QED) is 0.0316. The fourth-order valence-corrected chi connectivity index (χ4v) is 5.83. The molecule has 1 heterocycles. The summed E-state index contributed by atoms with van der Waals surface area (Å²) in [5.41, 5.74) is 0. The Balaban J connectivity index is 1.84. The summed E-state index contributed by atoms with van der Waals surface area (Å²) in [6.45, 7) is 6.57. The van der Waals surface area contributed by atoms with Crippen molar-refractivity contribution < 1.29 is 28.9 Å². The fraction of sp³-hybridized carbons (Fsp3) is 0.810. The summed E-state index contributed by atoms with van der Waals surface area (Å²) in [7, 11) is 0. The Morgan fingerprint density at radius 2 is 1.12 bits per heavy atom. The summed E-state index contributed by atoms with van der Waals surface area (Å²) in [5.74, 6) is 0.213. The molecule has 1 fully saturated rings. The van der Waals surface area contributed by atoms with Crippen molar-refractivity contribution in [1.29, 1.82) is 0 Å². The third kappa shape index (κ3) is 30.2. The van der Waals surface area contributed by atoms with E-state index < -0.39 is 6.10 Å². The number of carbonyl (C=O) groups excluding carboxylic acids is 2. The zero-order valence-electron chi connectivity index (χ0n) is 31.4. The number of aliphatic hydroxyl groups excluding tert-OH is 1. The van der Waals surface area contributed by atoms with Gasteiger partial charge in [-0.15, -0.1) is 0 Å². The molecule has 0 saturated carbocycles. The van der Waals surface area contributed by atoms with Gasteiger partial charge in [-0.1, -0.05) is 160 Å². The lowest BCUT2D eigenvalue weighted by atomic mass is 10.0. The van der Waals surface area contributed by atoms with Crippen LogP contribution < -0.4 is 0 Å². The van der Waals surface area contributed by atoms with Crippen LogP contribution >= 0.6 is 0 Å². The van der Waals surface area contributed by atoms with Gasteiger partial charge in [0.15, 0.2) is 0 Å². The largest absolute Gasteiger partial charge is 0.463 e. The van der Waals surface area contributed by atoms with Gasteiger partial charge in [-0.25, -0.2) is 0 Å². The predicted octanol–water partition coefficient (Wildman–Crippen LogP) is 11.3. The maximum Gasteiger partial charge on any atom is 0.305 e. The van der Waals surface area contributed by atoms with Crippen molar-refractivity contribution in [2.45, 2.75) is 200 Å². The van der Waals surface area contributed by atoms with Gasteiger partial charge in [0.1, 0.15) is 19.3 Å². The summed E-state index contributed by atoms with van der Waals surface area (Å²) >= 11 is 0. The van der Waals surface area contributed by atoms with Gasteiger partial charge in [-0.2, -0.15) is 0 Å². The van der Waals surface area contributed by atoms with Crippen molar-refractivity contribution in [3.63, 3.8) is 0 Å². The number of esters is 2. The lowest BCUT2D eigenvalue weighted by Gasteiger charge is -2.12. The number of hydrogen-bond acceptors (Lipinski definition) is 6. The van der Waals surface area contributed by atoms with Crippen molar-refractivity contribution in [3.8, 4) is 0 Å². The van der Waals surface area contributed by atoms with Gasteiger partial charge in [-0.3, -0.25) is 9.59 Å². The van der Waals surface area contributed by atoms with E-state index in [9.17, 15) is 14.7 Å². The number of hydrogen-bond donors (Lipinski definition) is 1. The number of ether oxygens (including phenoxy) is 3. The second-order valence-corrected chi connectivity index (χ2v) is 14.3. The molecular weight excluding hydrogens is 600 g/mol. The van der Waals surface area contributed by atoms with Crippen LogP contribution in [0.2, 0.25) is 0 Å². The molecule has 0 aromatic heterocycles. The molecule has 0 bridgehead atoms. The Kier molecular flexibility index (Phi) is 29.7. The fourth-order valence-electron chi connectivity index (χ4n) is 5.83. The Morgan fingerprint density at radius 3 is 1.69 bits per heavy atom. The van der Waals surface area contributed by atoms with E-state index in [-0.39, 0.29) is 25.2 Å². The zero-order valence-corrected chi connectivity index (χ0v) is 31.4. The molecule has 1 N–H and O–H groups in total. The number of carbonyl (C=O) groups is 2. The highest BCUT2D eigenvalue weighted by atomic mass is 16.6. The van der Waals surface area contributed by atoms with E-state index in [0.29, 0.717) is 31.5 Å². The summed E-state index contributed by atoms with van der Waals surface area (Å²) in [5, 5.41) is 10.0. The van der Waals surface area contributed by atoms with Crippen LogP contribution in [0.5, 0.6) is 0 Å². The summed E-state index contributed by atoms with van der Waals surface area (Å²) < 4.78 is 16.0. The van der Waals surface area contributed by atoms with Crippen LogP contribution in [0.15, 0.2) is 36.5 Å². The van der Waals surface area contributed by atoms with Crippen molar-refractivity contribution in [3.05, 3.63) is 36.5 Å². The Morgan fingerprint density at radius 1 is 0.625 bits per heavy atom. The van der Waals surface area contributed by atoms with Crippen LogP contribution in [0.4, 0.5) is 0 Å². The lowest BCUT2D eigenvalue weighted by Crippen LogP contribution is -2.25. The smallest absolute Gasteiger partial charge is 0.305 e. The molecule has 0 spiro atoms. The van der Waals surface area contributed by atoms with Crippen LogP contribution in [0.1, 0.15) is 181 Å². The van der Waals surface area contributed by atoms with Crippen molar-refractivity contribution >= 4 is 11.9 Å². The molecule has 6 nitrogen and oxygen atoms in total. The molecule has 0 aliphatic carbocycles. The molecule has 48 heavy (non-hydrogen) atoms. The van der Waals surface area contributed by atoms with Gasteiger partial charge in [0.05, 0.1) is 12.2 Å². The van der Waals surface area contributed by atoms with E-state index in [0.717, 1.165) is 50.9 Å². The normalized spacial score (nSPS) is 16.9. The van der Waals surface area contributed by atoms with Crippen LogP contribution in [0.3, 0.4) is 0 Å². The van der Waals surface area contributed by atoms with E-state index in [4.69, 9.17) is 14.2 Å². The minimum Gasteiger partial charge on any atom is -0.463 e. The summed E-state index contributed by atoms with van der Waals surface area (Å²) in [4.78, 5) is 23.9. The first-order valence-corrected chi connectivity index (χ1v) is 20.0. The molecule has 278 valence electrons. The molecule has 6 heteroatoms. The Labute approximate surface area is 295 Å². The minimum absolute atomic E-state index is 0.134. The molecule has 3 atom stereocenters. The van der Waals surface area contributed by atoms with E-state index in [1.54, 1.807) is 0 Å². The van der Waals surface area contributed by atoms with Crippen molar-refractivity contribution in [1.82, 2.24) is 0 Å². The number of aliphatic hydroxyl groups is 1. The van der Waals surface area contributed by atoms with Gasteiger partial charge in [0.25, 0.3) is 0 Å². The molecule has 1 saturated heterocycles. The number of rotatable bonds is 34. The average Bonchev–Trinajstić information content (AvgIpc) is 3.82. The number of allylic oxidation sites excluding steroid dienone is 5. The number of epoxide rings is 1. The molecule has 2 unspecified atom stereocenters. The molecule has 0 radical (unpaired) electrons. The first-order chi connectivity index (χ1) is 23.4. The van der Waals surface area contributed by atoms with Crippen LogP contribution in [0.25, 0.3) is 0 Å². The van der Waals surface area contributed by atoms with Crippen molar-refractivity contribution in [2.24, 2.45) is 5.92 Å². The third-order valence-electron chi connectivity index (χ3n) is 8.98. The second kappa shape index (κ2) is 32.3. The lowest BCUT2D eigenvalue weighted by molar-refractivity contribution is -0.152. The van der Waals surface area contributed by atoms with E-state index in [1.165, 1.54) is 96.3 Å². The second-order valence-electron chi connectivity index (χ2n) is 14.3. The first-order valence-electron chi connectivity index (χ1n) is 20.0. The number of unbranched alkanes of at least 4 members (excludes halogenated alkanes) is 15. The highest BCUT2D eigenvalue weighted by Crippen LogP contribution is 2.30. The third-order valence-corrected chi connectivity index (χ3v) is 8.98.